The number of esters is 1. The summed E-state index contributed by atoms with van der Waals surface area (Å²) in [5.74, 6) is -0.380. The zero-order chi connectivity index (χ0) is 17.4. The molecule has 0 saturated carbocycles. The second-order valence-corrected chi connectivity index (χ2v) is 5.12. The van der Waals surface area contributed by atoms with Crippen LogP contribution in [0.2, 0.25) is 0 Å². The van der Waals surface area contributed by atoms with E-state index in [-0.39, 0.29) is 25.5 Å². The fraction of sp³-hybridized carbons (Fsp3) is 0.353. The zero-order valence-corrected chi connectivity index (χ0v) is 13.5. The first-order valence-electron chi connectivity index (χ1n) is 7.70. The third-order valence-electron chi connectivity index (χ3n) is 3.37. The fourth-order valence-electron chi connectivity index (χ4n) is 2.15. The number of benzene rings is 1. The van der Waals surface area contributed by atoms with Gasteiger partial charge in [-0.15, -0.1) is 0 Å². The normalized spacial score (nSPS) is 10.5. The Balaban J connectivity index is 2.01. The SMILES string of the molecule is CCOC(=O)CCc1c[nH]c(=O)n(COCc2ccccc2)c1=O. The highest BCUT2D eigenvalue weighted by molar-refractivity contribution is 5.69. The van der Waals surface area contributed by atoms with Crippen molar-refractivity contribution in [3.8, 4) is 0 Å². The van der Waals surface area contributed by atoms with Crippen molar-refractivity contribution in [1.82, 2.24) is 9.55 Å². The quantitative estimate of drug-likeness (QED) is 0.734. The highest BCUT2D eigenvalue weighted by atomic mass is 16.5. The molecule has 0 amide bonds. The summed E-state index contributed by atoms with van der Waals surface area (Å²) < 4.78 is 11.2. The van der Waals surface area contributed by atoms with Gasteiger partial charge in [-0.05, 0) is 18.9 Å². The lowest BCUT2D eigenvalue weighted by molar-refractivity contribution is -0.143. The molecular weight excluding hydrogens is 312 g/mol. The Morgan fingerprint density at radius 3 is 2.67 bits per heavy atom. The molecule has 0 aliphatic heterocycles. The van der Waals surface area contributed by atoms with Crippen LogP contribution in [0, 0.1) is 0 Å². The molecule has 1 aromatic heterocycles. The largest absolute Gasteiger partial charge is 0.466 e. The van der Waals surface area contributed by atoms with E-state index in [0.29, 0.717) is 18.8 Å². The minimum absolute atomic E-state index is 0.0833. The molecule has 0 radical (unpaired) electrons. The van der Waals surface area contributed by atoms with Crippen LogP contribution in [0.4, 0.5) is 0 Å². The van der Waals surface area contributed by atoms with Crippen LogP contribution in [0.5, 0.6) is 0 Å². The van der Waals surface area contributed by atoms with Gasteiger partial charge in [-0.1, -0.05) is 30.3 Å². The number of ether oxygens (including phenoxy) is 2. The van der Waals surface area contributed by atoms with Crippen LogP contribution < -0.4 is 11.2 Å². The van der Waals surface area contributed by atoms with Gasteiger partial charge < -0.3 is 14.5 Å². The predicted molar refractivity (Wildman–Crippen MR) is 87.5 cm³/mol. The minimum atomic E-state index is -0.548. The number of rotatable bonds is 8. The maximum atomic E-state index is 12.3. The number of H-pyrrole nitrogens is 1. The molecule has 0 aliphatic carbocycles. The maximum absolute atomic E-state index is 12.3. The van der Waals surface area contributed by atoms with Crippen molar-refractivity contribution in [1.29, 1.82) is 0 Å². The summed E-state index contributed by atoms with van der Waals surface area (Å²) in [7, 11) is 0. The second kappa shape index (κ2) is 8.83. The van der Waals surface area contributed by atoms with Gasteiger partial charge in [-0.2, -0.15) is 0 Å². The molecule has 0 aliphatic rings. The molecule has 0 atom stereocenters. The molecule has 0 spiro atoms. The van der Waals surface area contributed by atoms with E-state index in [0.717, 1.165) is 10.1 Å². The van der Waals surface area contributed by atoms with Gasteiger partial charge in [-0.25, -0.2) is 9.36 Å². The van der Waals surface area contributed by atoms with E-state index in [1.807, 2.05) is 30.3 Å². The molecule has 7 nitrogen and oxygen atoms in total. The molecule has 1 N–H and O–H groups in total. The van der Waals surface area contributed by atoms with Gasteiger partial charge in [0, 0.05) is 18.2 Å². The standard InChI is InChI=1S/C17H20N2O5/c1-2-24-15(20)9-8-14-10-18-17(22)19(16(14)21)12-23-11-13-6-4-3-5-7-13/h3-7,10H,2,8-9,11-12H2,1H3,(H,18,22). The van der Waals surface area contributed by atoms with E-state index in [9.17, 15) is 14.4 Å². The lowest BCUT2D eigenvalue weighted by Gasteiger charge is -2.08. The molecule has 1 aromatic carbocycles. The molecule has 7 heteroatoms. The number of aryl methyl sites for hydroxylation is 1. The number of nitrogens with zero attached hydrogens (tertiary/aromatic N) is 1. The Morgan fingerprint density at radius 2 is 1.96 bits per heavy atom. The summed E-state index contributed by atoms with van der Waals surface area (Å²) in [5.41, 5.74) is 0.274. The highest BCUT2D eigenvalue weighted by Gasteiger charge is 2.10. The first-order chi connectivity index (χ1) is 11.6. The summed E-state index contributed by atoms with van der Waals surface area (Å²) in [5, 5.41) is 0. The number of hydrogen-bond acceptors (Lipinski definition) is 5. The van der Waals surface area contributed by atoms with Crippen molar-refractivity contribution in [2.45, 2.75) is 33.1 Å². The third-order valence-corrected chi connectivity index (χ3v) is 3.37. The average Bonchev–Trinajstić information content (AvgIpc) is 2.58. The smallest absolute Gasteiger partial charge is 0.330 e. The minimum Gasteiger partial charge on any atom is -0.466 e. The number of carbonyl (C=O) groups is 1. The number of hydrogen-bond donors (Lipinski definition) is 1. The number of aromatic amines is 1. The fourth-order valence-corrected chi connectivity index (χ4v) is 2.15. The van der Waals surface area contributed by atoms with Gasteiger partial charge >= 0.3 is 11.7 Å². The monoisotopic (exact) mass is 332 g/mol. The molecule has 24 heavy (non-hydrogen) atoms. The van der Waals surface area contributed by atoms with Crippen LogP contribution in [0.3, 0.4) is 0 Å². The topological polar surface area (TPSA) is 90.4 Å². The van der Waals surface area contributed by atoms with E-state index in [4.69, 9.17) is 9.47 Å². The predicted octanol–water partition coefficient (Wildman–Crippen LogP) is 1.21. The van der Waals surface area contributed by atoms with Crippen LogP contribution >= 0.6 is 0 Å². The molecular formula is C17H20N2O5. The van der Waals surface area contributed by atoms with Crippen LogP contribution in [0.15, 0.2) is 46.1 Å². The zero-order valence-electron chi connectivity index (χ0n) is 13.5. The lowest BCUT2D eigenvalue weighted by Crippen LogP contribution is -2.37. The lowest BCUT2D eigenvalue weighted by atomic mass is 10.2. The Kier molecular flexibility index (Phi) is 6.51. The van der Waals surface area contributed by atoms with Gasteiger partial charge in [0.2, 0.25) is 0 Å². The van der Waals surface area contributed by atoms with Crippen LogP contribution in [0.1, 0.15) is 24.5 Å². The summed E-state index contributed by atoms with van der Waals surface area (Å²) in [6.45, 7) is 2.15. The van der Waals surface area contributed by atoms with E-state index < -0.39 is 11.2 Å². The van der Waals surface area contributed by atoms with E-state index in [1.54, 1.807) is 6.92 Å². The Labute approximate surface area is 138 Å². The van der Waals surface area contributed by atoms with Crippen molar-refractivity contribution >= 4 is 5.97 Å². The van der Waals surface area contributed by atoms with Crippen LogP contribution in [-0.2, 0) is 34.0 Å². The van der Waals surface area contributed by atoms with Gasteiger partial charge in [-0.3, -0.25) is 9.59 Å². The van der Waals surface area contributed by atoms with Crippen molar-refractivity contribution in [3.63, 3.8) is 0 Å². The maximum Gasteiger partial charge on any atom is 0.330 e. The summed E-state index contributed by atoms with van der Waals surface area (Å²) in [6, 6.07) is 9.44. The van der Waals surface area contributed by atoms with E-state index in [1.165, 1.54) is 6.20 Å². The highest BCUT2D eigenvalue weighted by Crippen LogP contribution is 2.01. The first kappa shape index (κ1) is 17.7. The summed E-state index contributed by atoms with van der Waals surface area (Å²) in [6.07, 6.45) is 1.62. The molecule has 2 rings (SSSR count). The average molecular weight is 332 g/mol. The first-order valence-corrected chi connectivity index (χ1v) is 7.70. The Hall–Kier alpha value is -2.67. The second-order valence-electron chi connectivity index (χ2n) is 5.12. The molecule has 128 valence electrons. The van der Waals surface area contributed by atoms with Gasteiger partial charge in [0.25, 0.3) is 5.56 Å². The number of aromatic nitrogens is 2. The summed E-state index contributed by atoms with van der Waals surface area (Å²) in [4.78, 5) is 38.0. The Bertz CT molecular complexity index is 780. The molecule has 0 bridgehead atoms. The van der Waals surface area contributed by atoms with Crippen LogP contribution in [0.25, 0.3) is 0 Å². The molecule has 0 fully saturated rings. The number of nitrogens with one attached hydrogen (secondary N) is 1. The van der Waals surface area contributed by atoms with Crippen LogP contribution in [-0.4, -0.2) is 22.1 Å². The van der Waals surface area contributed by atoms with Gasteiger partial charge in [0.15, 0.2) is 0 Å². The van der Waals surface area contributed by atoms with Gasteiger partial charge in [0.05, 0.1) is 13.2 Å². The van der Waals surface area contributed by atoms with Gasteiger partial charge in [0.1, 0.15) is 6.73 Å². The molecule has 2 aromatic rings. The van der Waals surface area contributed by atoms with Crippen molar-refractivity contribution in [3.05, 3.63) is 68.5 Å². The summed E-state index contributed by atoms with van der Waals surface area (Å²) >= 11 is 0. The third kappa shape index (κ3) is 4.92. The number of carbonyl (C=O) groups excluding carboxylic acids is 1. The molecule has 0 saturated heterocycles. The Morgan fingerprint density at radius 1 is 1.21 bits per heavy atom. The molecule has 0 unspecified atom stereocenters. The van der Waals surface area contributed by atoms with Crippen molar-refractivity contribution in [2.75, 3.05) is 6.61 Å². The van der Waals surface area contributed by atoms with E-state index in [2.05, 4.69) is 4.98 Å². The molecule has 1 heterocycles. The van der Waals surface area contributed by atoms with Crippen molar-refractivity contribution < 1.29 is 14.3 Å². The van der Waals surface area contributed by atoms with Crippen molar-refractivity contribution in [2.24, 2.45) is 0 Å². The van der Waals surface area contributed by atoms with E-state index >= 15 is 0 Å².